The fraction of sp³-hybridized carbons (Fsp3) is 0.0476. The fourth-order valence-corrected chi connectivity index (χ4v) is 3.34. The Bertz CT molecular complexity index is 1330. The number of imidazole rings is 1. The maximum Gasteiger partial charge on any atom is 0.276 e. The van der Waals surface area contributed by atoms with Gasteiger partial charge in [0.2, 0.25) is 0 Å². The summed E-state index contributed by atoms with van der Waals surface area (Å²) in [7, 11) is 0. The minimum atomic E-state index is -0.305. The third-order valence-electron chi connectivity index (χ3n) is 4.75. The molecule has 3 heterocycles. The van der Waals surface area contributed by atoms with E-state index in [2.05, 4.69) is 25.6 Å². The molecular formula is C21H18N8O. The van der Waals surface area contributed by atoms with E-state index in [0.717, 1.165) is 22.2 Å². The second-order valence-corrected chi connectivity index (χ2v) is 6.90. The maximum atomic E-state index is 12.8. The fourth-order valence-electron chi connectivity index (χ4n) is 3.34. The zero-order valence-corrected chi connectivity index (χ0v) is 15.9. The summed E-state index contributed by atoms with van der Waals surface area (Å²) in [6, 6.07) is 13.3. The van der Waals surface area contributed by atoms with Gasteiger partial charge in [0, 0.05) is 35.4 Å². The van der Waals surface area contributed by atoms with Gasteiger partial charge in [0.1, 0.15) is 0 Å². The highest BCUT2D eigenvalue weighted by atomic mass is 16.2. The van der Waals surface area contributed by atoms with E-state index in [0.29, 0.717) is 23.6 Å². The average molecular weight is 398 g/mol. The molecule has 0 saturated carbocycles. The van der Waals surface area contributed by atoms with Crippen LogP contribution in [0.2, 0.25) is 0 Å². The van der Waals surface area contributed by atoms with Crippen LogP contribution < -0.4 is 11.1 Å². The van der Waals surface area contributed by atoms with E-state index in [-0.39, 0.29) is 5.91 Å². The number of hydrogen-bond acceptors (Lipinski definition) is 5. The van der Waals surface area contributed by atoms with E-state index in [1.807, 2.05) is 53.2 Å². The standard InChI is InChI=1S/C21H18N8O/c22-15-3-1-2-14(8-15)11-29-12-16(10-24-29)25-21(30)20-18-5-4-17(9-19(18)26-27-20)28-7-6-23-13-28/h1-10,12-13H,11,22H2,(H,25,30)(H,26,27). The Kier molecular flexibility index (Phi) is 4.25. The van der Waals surface area contributed by atoms with Gasteiger partial charge < -0.3 is 15.6 Å². The molecule has 3 aromatic heterocycles. The van der Waals surface area contributed by atoms with Crippen molar-refractivity contribution in [2.75, 3.05) is 11.1 Å². The molecule has 0 saturated heterocycles. The Morgan fingerprint density at radius 3 is 2.97 bits per heavy atom. The van der Waals surface area contributed by atoms with E-state index in [1.54, 1.807) is 29.6 Å². The molecule has 30 heavy (non-hydrogen) atoms. The predicted octanol–water partition coefficient (Wildman–Crippen LogP) is 2.83. The van der Waals surface area contributed by atoms with Crippen LogP contribution in [0.25, 0.3) is 16.6 Å². The van der Waals surface area contributed by atoms with E-state index >= 15 is 0 Å². The summed E-state index contributed by atoms with van der Waals surface area (Å²) in [4.78, 5) is 16.8. The highest BCUT2D eigenvalue weighted by Gasteiger charge is 2.15. The quantitative estimate of drug-likeness (QED) is 0.393. The zero-order chi connectivity index (χ0) is 20.5. The van der Waals surface area contributed by atoms with E-state index in [1.165, 1.54) is 0 Å². The second kappa shape index (κ2) is 7.21. The van der Waals surface area contributed by atoms with Crippen molar-refractivity contribution in [3.63, 3.8) is 0 Å². The number of carbonyl (C=O) groups excluding carboxylic acids is 1. The first-order valence-corrected chi connectivity index (χ1v) is 9.30. The molecule has 5 rings (SSSR count). The van der Waals surface area contributed by atoms with Crippen molar-refractivity contribution < 1.29 is 4.79 Å². The van der Waals surface area contributed by atoms with Crippen molar-refractivity contribution in [1.29, 1.82) is 0 Å². The number of carbonyl (C=O) groups is 1. The number of nitrogens with one attached hydrogen (secondary N) is 2. The molecule has 4 N–H and O–H groups in total. The Labute approximate surface area is 171 Å². The number of aromatic nitrogens is 6. The molecule has 0 atom stereocenters. The Morgan fingerprint density at radius 1 is 1.20 bits per heavy atom. The molecule has 1 amide bonds. The number of nitrogen functional groups attached to an aromatic ring is 1. The molecule has 0 aliphatic heterocycles. The lowest BCUT2D eigenvalue weighted by atomic mass is 10.2. The predicted molar refractivity (Wildman–Crippen MR) is 113 cm³/mol. The molecule has 0 unspecified atom stereocenters. The SMILES string of the molecule is Nc1cccc(Cn2cc(NC(=O)c3n[nH]c4cc(-n5ccnc5)ccc34)cn2)c1. The van der Waals surface area contributed by atoms with Gasteiger partial charge in [0.25, 0.3) is 5.91 Å². The molecule has 9 nitrogen and oxygen atoms in total. The van der Waals surface area contributed by atoms with Crippen molar-refractivity contribution in [3.05, 3.63) is 84.8 Å². The normalized spacial score (nSPS) is 11.1. The van der Waals surface area contributed by atoms with Crippen LogP contribution >= 0.6 is 0 Å². The lowest BCUT2D eigenvalue weighted by molar-refractivity contribution is 0.102. The van der Waals surface area contributed by atoms with Crippen LogP contribution in [-0.2, 0) is 6.54 Å². The van der Waals surface area contributed by atoms with Gasteiger partial charge in [-0.2, -0.15) is 10.2 Å². The van der Waals surface area contributed by atoms with E-state index in [9.17, 15) is 4.79 Å². The van der Waals surface area contributed by atoms with Gasteiger partial charge in [-0.1, -0.05) is 12.1 Å². The Hall–Kier alpha value is -4.40. The molecule has 0 aliphatic rings. The number of hydrogen-bond donors (Lipinski definition) is 3. The van der Waals surface area contributed by atoms with Crippen molar-refractivity contribution in [3.8, 4) is 5.69 Å². The molecule has 0 spiro atoms. The smallest absolute Gasteiger partial charge is 0.276 e. The molecule has 2 aromatic carbocycles. The number of aromatic amines is 1. The first-order chi connectivity index (χ1) is 14.7. The number of amides is 1. The third kappa shape index (κ3) is 3.39. The minimum Gasteiger partial charge on any atom is -0.399 e. The van der Waals surface area contributed by atoms with Gasteiger partial charge >= 0.3 is 0 Å². The van der Waals surface area contributed by atoms with Crippen LogP contribution in [0.3, 0.4) is 0 Å². The summed E-state index contributed by atoms with van der Waals surface area (Å²) >= 11 is 0. The monoisotopic (exact) mass is 398 g/mol. The largest absolute Gasteiger partial charge is 0.399 e. The number of H-pyrrole nitrogens is 1. The van der Waals surface area contributed by atoms with Crippen LogP contribution in [0, 0.1) is 0 Å². The number of anilines is 2. The molecule has 0 bridgehead atoms. The summed E-state index contributed by atoms with van der Waals surface area (Å²) in [6.07, 6.45) is 8.66. The van der Waals surface area contributed by atoms with Gasteiger partial charge in [-0.25, -0.2) is 4.98 Å². The number of nitrogens with zero attached hydrogens (tertiary/aromatic N) is 5. The average Bonchev–Trinajstić information content (AvgIpc) is 3.48. The molecule has 9 heteroatoms. The van der Waals surface area contributed by atoms with Crippen molar-refractivity contribution >= 4 is 28.2 Å². The van der Waals surface area contributed by atoms with Gasteiger partial charge in [-0.05, 0) is 35.9 Å². The highest BCUT2D eigenvalue weighted by Crippen LogP contribution is 2.21. The Morgan fingerprint density at radius 2 is 2.13 bits per heavy atom. The minimum absolute atomic E-state index is 0.305. The van der Waals surface area contributed by atoms with Crippen LogP contribution in [-0.4, -0.2) is 35.4 Å². The van der Waals surface area contributed by atoms with E-state index in [4.69, 9.17) is 5.73 Å². The summed E-state index contributed by atoms with van der Waals surface area (Å²) in [6.45, 7) is 0.559. The van der Waals surface area contributed by atoms with Crippen LogP contribution in [0.15, 0.2) is 73.6 Å². The topological polar surface area (TPSA) is 119 Å². The summed E-state index contributed by atoms with van der Waals surface area (Å²) in [5, 5.41) is 15.0. The van der Waals surface area contributed by atoms with E-state index < -0.39 is 0 Å². The molecule has 0 aliphatic carbocycles. The van der Waals surface area contributed by atoms with Crippen LogP contribution in [0.5, 0.6) is 0 Å². The highest BCUT2D eigenvalue weighted by molar-refractivity contribution is 6.11. The van der Waals surface area contributed by atoms with Gasteiger partial charge in [0.05, 0.1) is 30.3 Å². The summed E-state index contributed by atoms with van der Waals surface area (Å²) < 4.78 is 3.62. The van der Waals surface area contributed by atoms with Crippen molar-refractivity contribution in [1.82, 2.24) is 29.5 Å². The number of benzene rings is 2. The maximum absolute atomic E-state index is 12.8. The van der Waals surface area contributed by atoms with Crippen molar-refractivity contribution in [2.45, 2.75) is 6.54 Å². The first kappa shape index (κ1) is 17.7. The first-order valence-electron chi connectivity index (χ1n) is 9.30. The lowest BCUT2D eigenvalue weighted by Gasteiger charge is -2.03. The molecule has 0 radical (unpaired) electrons. The molecule has 5 aromatic rings. The number of fused-ring (bicyclic) bond motifs is 1. The number of nitrogens with two attached hydrogens (primary N) is 1. The molecular weight excluding hydrogens is 380 g/mol. The van der Waals surface area contributed by atoms with Gasteiger partial charge in [0.15, 0.2) is 5.69 Å². The third-order valence-corrected chi connectivity index (χ3v) is 4.75. The zero-order valence-electron chi connectivity index (χ0n) is 15.9. The van der Waals surface area contributed by atoms with Gasteiger partial charge in [-0.3, -0.25) is 14.6 Å². The molecule has 0 fully saturated rings. The Balaban J connectivity index is 1.33. The second-order valence-electron chi connectivity index (χ2n) is 6.90. The lowest BCUT2D eigenvalue weighted by Crippen LogP contribution is -2.12. The van der Waals surface area contributed by atoms with Crippen LogP contribution in [0.4, 0.5) is 11.4 Å². The van der Waals surface area contributed by atoms with Crippen LogP contribution in [0.1, 0.15) is 16.1 Å². The van der Waals surface area contributed by atoms with Gasteiger partial charge in [-0.15, -0.1) is 0 Å². The summed E-state index contributed by atoms with van der Waals surface area (Å²) in [5.74, 6) is -0.305. The number of rotatable bonds is 5. The van der Waals surface area contributed by atoms with Crippen molar-refractivity contribution in [2.24, 2.45) is 0 Å². The summed E-state index contributed by atoms with van der Waals surface area (Å²) in [5.41, 5.74) is 10.2. The molecule has 148 valence electrons.